The Morgan fingerprint density at radius 3 is 2.55 bits per heavy atom. The molecular formula is C15H11NO3S. The molecular weight excluding hydrogens is 274 g/mol. The predicted molar refractivity (Wildman–Crippen MR) is 78.3 cm³/mol. The molecule has 0 aliphatic carbocycles. The molecule has 1 N–H and O–H groups in total. The van der Waals surface area contributed by atoms with Gasteiger partial charge < -0.3 is 5.11 Å². The van der Waals surface area contributed by atoms with Crippen LogP contribution in [-0.2, 0) is 0 Å². The number of hydrogen-bond acceptors (Lipinski definition) is 3. The number of aromatic carboxylic acids is 1. The fourth-order valence-corrected chi connectivity index (χ4v) is 3.26. The number of hydrogen-bond donors (Lipinski definition) is 1. The lowest BCUT2D eigenvalue weighted by Crippen LogP contribution is -2.23. The molecule has 0 unspecified atom stereocenters. The van der Waals surface area contributed by atoms with E-state index in [0.717, 1.165) is 22.5 Å². The fourth-order valence-electron chi connectivity index (χ4n) is 2.39. The molecule has 1 amide bonds. The molecule has 0 atom stereocenters. The van der Waals surface area contributed by atoms with Crippen LogP contribution in [0.2, 0.25) is 0 Å². The molecule has 1 aromatic heterocycles. The molecule has 0 bridgehead atoms. The Morgan fingerprint density at radius 1 is 1.30 bits per heavy atom. The van der Waals surface area contributed by atoms with Gasteiger partial charge in [0.15, 0.2) is 0 Å². The summed E-state index contributed by atoms with van der Waals surface area (Å²) in [5, 5.41) is 11.0. The molecule has 0 saturated heterocycles. The largest absolute Gasteiger partial charge is 0.477 e. The summed E-state index contributed by atoms with van der Waals surface area (Å²) in [7, 11) is 0. The minimum atomic E-state index is -1.03. The second-order valence-corrected chi connectivity index (χ2v) is 5.41. The summed E-state index contributed by atoms with van der Waals surface area (Å²) in [4.78, 5) is 25.4. The number of rotatable bonds is 2. The molecule has 1 aromatic carbocycles. The van der Waals surface area contributed by atoms with Crippen molar-refractivity contribution >= 4 is 34.6 Å². The van der Waals surface area contributed by atoms with Gasteiger partial charge in [0.05, 0.1) is 11.4 Å². The van der Waals surface area contributed by atoms with E-state index < -0.39 is 5.97 Å². The zero-order valence-electron chi connectivity index (χ0n) is 10.7. The number of carbonyl (C=O) groups excluding carboxylic acids is 1. The van der Waals surface area contributed by atoms with Crippen molar-refractivity contribution in [3.63, 3.8) is 0 Å². The number of carboxylic acid groups (broad SMARTS) is 1. The highest BCUT2D eigenvalue weighted by atomic mass is 32.1. The number of carbonyl (C=O) groups is 2. The maximum atomic E-state index is 12.5. The molecule has 3 rings (SSSR count). The number of aryl methyl sites for hydroxylation is 1. The van der Waals surface area contributed by atoms with Crippen molar-refractivity contribution in [2.75, 3.05) is 4.90 Å². The Hall–Kier alpha value is -2.40. The Morgan fingerprint density at radius 2 is 1.95 bits per heavy atom. The van der Waals surface area contributed by atoms with Gasteiger partial charge in [-0.15, -0.1) is 11.3 Å². The normalized spacial score (nSPS) is 13.8. The molecule has 0 radical (unpaired) electrons. The first-order valence-corrected chi connectivity index (χ1v) is 6.84. The van der Waals surface area contributed by atoms with Crippen LogP contribution in [0.15, 0.2) is 36.2 Å². The van der Waals surface area contributed by atoms with Gasteiger partial charge in [0, 0.05) is 11.1 Å². The molecule has 0 saturated carbocycles. The quantitative estimate of drug-likeness (QED) is 0.920. The van der Waals surface area contributed by atoms with Crippen LogP contribution in [0.1, 0.15) is 31.2 Å². The molecule has 4 nitrogen and oxygen atoms in total. The standard InChI is InChI=1S/C15H11NO3S/c1-8-7-20-13(15(18)19)12(8)16-9(2)10-5-3-4-6-11(10)14(16)17/h3-7H,2H2,1H3,(H,18,19). The molecule has 1 aliphatic rings. The van der Waals surface area contributed by atoms with Gasteiger partial charge in [-0.3, -0.25) is 9.69 Å². The number of thiophene rings is 1. The summed E-state index contributed by atoms with van der Waals surface area (Å²) < 4.78 is 0. The topological polar surface area (TPSA) is 57.6 Å². The van der Waals surface area contributed by atoms with Crippen LogP contribution in [-0.4, -0.2) is 17.0 Å². The third-order valence-corrected chi connectivity index (χ3v) is 4.38. The summed E-state index contributed by atoms with van der Waals surface area (Å²) in [5.74, 6) is -1.26. The van der Waals surface area contributed by atoms with E-state index in [-0.39, 0.29) is 10.8 Å². The first-order chi connectivity index (χ1) is 9.52. The van der Waals surface area contributed by atoms with Crippen molar-refractivity contribution in [3.8, 4) is 0 Å². The molecule has 2 aromatic rings. The van der Waals surface area contributed by atoms with Crippen LogP contribution in [0.25, 0.3) is 5.70 Å². The number of benzene rings is 1. The van der Waals surface area contributed by atoms with Crippen molar-refractivity contribution < 1.29 is 14.7 Å². The van der Waals surface area contributed by atoms with E-state index >= 15 is 0 Å². The highest BCUT2D eigenvalue weighted by molar-refractivity contribution is 7.12. The number of anilines is 1. The number of carboxylic acids is 1. The Labute approximate surface area is 119 Å². The van der Waals surface area contributed by atoms with Crippen LogP contribution in [0.5, 0.6) is 0 Å². The van der Waals surface area contributed by atoms with Crippen molar-refractivity contribution in [2.45, 2.75) is 6.92 Å². The SMILES string of the molecule is C=C1c2ccccc2C(=O)N1c1c(C)csc1C(=O)O. The minimum Gasteiger partial charge on any atom is -0.477 e. The van der Waals surface area contributed by atoms with Gasteiger partial charge in [0.2, 0.25) is 0 Å². The number of nitrogens with zero attached hydrogens (tertiary/aromatic N) is 1. The number of amides is 1. The highest BCUT2D eigenvalue weighted by Gasteiger charge is 2.35. The maximum absolute atomic E-state index is 12.5. The zero-order chi connectivity index (χ0) is 14.4. The molecule has 1 aliphatic heterocycles. The average molecular weight is 285 g/mol. The smallest absolute Gasteiger partial charge is 0.348 e. The van der Waals surface area contributed by atoms with Gasteiger partial charge in [-0.25, -0.2) is 4.79 Å². The van der Waals surface area contributed by atoms with Gasteiger partial charge in [-0.1, -0.05) is 24.8 Å². The molecule has 5 heteroatoms. The summed E-state index contributed by atoms with van der Waals surface area (Å²) in [6.45, 7) is 5.74. The van der Waals surface area contributed by atoms with Crippen LogP contribution in [0.4, 0.5) is 5.69 Å². The molecule has 20 heavy (non-hydrogen) atoms. The fraction of sp³-hybridized carbons (Fsp3) is 0.0667. The average Bonchev–Trinajstić information content (AvgIpc) is 2.91. The lowest BCUT2D eigenvalue weighted by Gasteiger charge is -2.18. The number of fused-ring (bicyclic) bond motifs is 1. The van der Waals surface area contributed by atoms with Crippen LogP contribution in [0.3, 0.4) is 0 Å². The summed E-state index contributed by atoms with van der Waals surface area (Å²) in [6, 6.07) is 7.16. The van der Waals surface area contributed by atoms with E-state index in [1.807, 2.05) is 12.1 Å². The van der Waals surface area contributed by atoms with Gasteiger partial charge in [-0.2, -0.15) is 0 Å². The van der Waals surface area contributed by atoms with Gasteiger partial charge in [0.25, 0.3) is 5.91 Å². The predicted octanol–water partition coefficient (Wildman–Crippen LogP) is 3.39. The van der Waals surface area contributed by atoms with Crippen molar-refractivity contribution in [1.29, 1.82) is 0 Å². The second-order valence-electron chi connectivity index (χ2n) is 4.53. The Bertz CT molecular complexity index is 725. The van der Waals surface area contributed by atoms with E-state index in [4.69, 9.17) is 0 Å². The van der Waals surface area contributed by atoms with Crippen molar-refractivity contribution in [3.05, 3.63) is 57.8 Å². The molecule has 0 fully saturated rings. The van der Waals surface area contributed by atoms with Gasteiger partial charge in [-0.05, 0) is 23.9 Å². The third kappa shape index (κ3) is 1.60. The van der Waals surface area contributed by atoms with Crippen molar-refractivity contribution in [1.82, 2.24) is 0 Å². The zero-order valence-corrected chi connectivity index (χ0v) is 11.5. The molecule has 2 heterocycles. The summed E-state index contributed by atoms with van der Waals surface area (Å²) in [6.07, 6.45) is 0. The van der Waals surface area contributed by atoms with Crippen LogP contribution in [0, 0.1) is 6.92 Å². The van der Waals surface area contributed by atoms with E-state index in [9.17, 15) is 14.7 Å². The monoisotopic (exact) mass is 285 g/mol. The van der Waals surface area contributed by atoms with Crippen LogP contribution >= 0.6 is 11.3 Å². The summed E-state index contributed by atoms with van der Waals surface area (Å²) in [5.41, 5.74) is 3.01. The Kier molecular flexibility index (Phi) is 2.72. The van der Waals surface area contributed by atoms with Gasteiger partial charge >= 0.3 is 5.97 Å². The minimum absolute atomic E-state index is 0.157. The molecule has 100 valence electrons. The first kappa shape index (κ1) is 12.6. The van der Waals surface area contributed by atoms with Crippen LogP contribution < -0.4 is 4.90 Å². The maximum Gasteiger partial charge on any atom is 0.348 e. The van der Waals surface area contributed by atoms with Gasteiger partial charge in [0.1, 0.15) is 4.88 Å². The second kappa shape index (κ2) is 4.31. The van der Waals surface area contributed by atoms with E-state index in [2.05, 4.69) is 6.58 Å². The first-order valence-electron chi connectivity index (χ1n) is 5.96. The molecule has 0 spiro atoms. The lowest BCUT2D eigenvalue weighted by molar-refractivity contribution is 0.0703. The Balaban J connectivity index is 2.19. The van der Waals surface area contributed by atoms with E-state index in [1.54, 1.807) is 24.4 Å². The highest BCUT2D eigenvalue weighted by Crippen LogP contribution is 2.41. The third-order valence-electron chi connectivity index (χ3n) is 3.30. The van der Waals surface area contributed by atoms with E-state index in [0.29, 0.717) is 16.9 Å². The van der Waals surface area contributed by atoms with E-state index in [1.165, 1.54) is 4.90 Å². The summed E-state index contributed by atoms with van der Waals surface area (Å²) >= 11 is 1.12. The lowest BCUT2D eigenvalue weighted by atomic mass is 10.1. The van der Waals surface area contributed by atoms with Crippen molar-refractivity contribution in [2.24, 2.45) is 0 Å².